The number of nitrogens with zero attached hydrogens (tertiary/aromatic N) is 1. The Morgan fingerprint density at radius 3 is 2.34 bits per heavy atom. The van der Waals surface area contributed by atoms with Crippen molar-refractivity contribution in [3.8, 4) is 11.5 Å². The highest BCUT2D eigenvalue weighted by atomic mass is 16.5. The van der Waals surface area contributed by atoms with Crippen molar-refractivity contribution in [1.82, 2.24) is 0 Å². The Bertz CT molecular complexity index is 1170. The van der Waals surface area contributed by atoms with E-state index >= 15 is 0 Å². The van der Waals surface area contributed by atoms with Crippen molar-refractivity contribution in [2.24, 2.45) is 0 Å². The lowest BCUT2D eigenvalue weighted by atomic mass is 10.0. The predicted octanol–water partition coefficient (Wildman–Crippen LogP) is 4.88. The topological polar surface area (TPSA) is 67.9 Å². The van der Waals surface area contributed by atoms with E-state index in [4.69, 9.17) is 9.47 Å². The fourth-order valence-corrected chi connectivity index (χ4v) is 3.53. The summed E-state index contributed by atoms with van der Waals surface area (Å²) in [6.07, 6.45) is 0.861. The summed E-state index contributed by atoms with van der Waals surface area (Å²) in [5.74, 6) is 0.440. The maximum Gasteiger partial charge on any atom is 0.282 e. The minimum Gasteiger partial charge on any atom is -0.497 e. The van der Waals surface area contributed by atoms with Crippen LogP contribution in [0.3, 0.4) is 0 Å². The normalized spacial score (nSPS) is 13.5. The van der Waals surface area contributed by atoms with Gasteiger partial charge in [-0.05, 0) is 36.2 Å². The van der Waals surface area contributed by atoms with Gasteiger partial charge in [0.25, 0.3) is 11.8 Å². The minimum absolute atomic E-state index is 0.217. The number of carbonyl (C=O) groups is 2. The first kappa shape index (κ1) is 21.2. The summed E-state index contributed by atoms with van der Waals surface area (Å²) in [5.41, 5.74) is 2.31. The smallest absolute Gasteiger partial charge is 0.282 e. The summed E-state index contributed by atoms with van der Waals surface area (Å²) < 4.78 is 11.0. The van der Waals surface area contributed by atoms with E-state index in [2.05, 4.69) is 5.32 Å². The molecule has 0 aliphatic carbocycles. The summed E-state index contributed by atoms with van der Waals surface area (Å²) in [7, 11) is 1.58. The number of imide groups is 1. The van der Waals surface area contributed by atoms with Gasteiger partial charge in [0, 0.05) is 17.8 Å². The first-order valence-corrected chi connectivity index (χ1v) is 10.4. The van der Waals surface area contributed by atoms with Crippen molar-refractivity contribution in [2.45, 2.75) is 13.3 Å². The van der Waals surface area contributed by atoms with Crippen LogP contribution in [-0.4, -0.2) is 25.5 Å². The van der Waals surface area contributed by atoms with Gasteiger partial charge in [0.15, 0.2) is 0 Å². The van der Waals surface area contributed by atoms with Crippen molar-refractivity contribution in [1.29, 1.82) is 0 Å². The zero-order valence-electron chi connectivity index (χ0n) is 18.0. The van der Waals surface area contributed by atoms with E-state index in [0.29, 0.717) is 40.6 Å². The van der Waals surface area contributed by atoms with Crippen LogP contribution < -0.4 is 19.7 Å². The number of ether oxygens (including phenoxy) is 2. The van der Waals surface area contributed by atoms with E-state index in [0.717, 1.165) is 6.42 Å². The molecule has 6 heteroatoms. The molecule has 162 valence electrons. The maximum absolute atomic E-state index is 13.5. The standard InChI is InChI=1S/C26H24N2O4/c1-3-15-32-22-14-8-12-20(17-22)28-25(29)23(18-9-5-4-6-10-18)24(26(28)30)27-19-11-7-13-21(16-19)31-2/h4-14,16-17,27H,3,15H2,1-2H3. The summed E-state index contributed by atoms with van der Waals surface area (Å²) in [4.78, 5) is 28.2. The molecule has 3 aromatic carbocycles. The molecule has 1 heterocycles. The van der Waals surface area contributed by atoms with Crippen molar-refractivity contribution in [3.63, 3.8) is 0 Å². The number of hydrogen-bond acceptors (Lipinski definition) is 5. The van der Waals surface area contributed by atoms with Crippen molar-refractivity contribution in [2.75, 3.05) is 23.9 Å². The zero-order chi connectivity index (χ0) is 22.5. The zero-order valence-corrected chi connectivity index (χ0v) is 18.0. The Morgan fingerprint density at radius 1 is 0.844 bits per heavy atom. The minimum atomic E-state index is -0.427. The third-order valence-corrected chi connectivity index (χ3v) is 5.03. The second-order valence-corrected chi connectivity index (χ2v) is 7.26. The van der Waals surface area contributed by atoms with Gasteiger partial charge < -0.3 is 14.8 Å². The van der Waals surface area contributed by atoms with E-state index < -0.39 is 5.91 Å². The van der Waals surface area contributed by atoms with Crippen LogP contribution in [0.15, 0.2) is 84.6 Å². The number of anilines is 2. The van der Waals surface area contributed by atoms with E-state index in [1.165, 1.54) is 4.90 Å². The summed E-state index contributed by atoms with van der Waals surface area (Å²) >= 11 is 0. The van der Waals surface area contributed by atoms with Gasteiger partial charge in [-0.1, -0.05) is 49.4 Å². The summed E-state index contributed by atoms with van der Waals surface area (Å²) in [6.45, 7) is 2.57. The molecule has 0 saturated heterocycles. The second kappa shape index (κ2) is 9.39. The molecule has 2 amide bonds. The molecule has 0 saturated carbocycles. The second-order valence-electron chi connectivity index (χ2n) is 7.26. The fraction of sp³-hybridized carbons (Fsp3) is 0.154. The van der Waals surface area contributed by atoms with E-state index in [1.807, 2.05) is 61.5 Å². The molecule has 0 bridgehead atoms. The molecule has 1 N–H and O–H groups in total. The van der Waals surface area contributed by atoms with Crippen molar-refractivity contribution in [3.05, 3.63) is 90.1 Å². The van der Waals surface area contributed by atoms with Crippen LogP contribution in [0.2, 0.25) is 0 Å². The lowest BCUT2D eigenvalue weighted by molar-refractivity contribution is -0.120. The highest BCUT2D eigenvalue weighted by molar-refractivity contribution is 6.46. The molecule has 32 heavy (non-hydrogen) atoms. The lowest BCUT2D eigenvalue weighted by Crippen LogP contribution is -2.32. The highest BCUT2D eigenvalue weighted by Gasteiger charge is 2.40. The molecular weight excluding hydrogens is 404 g/mol. The van der Waals surface area contributed by atoms with Gasteiger partial charge in [-0.15, -0.1) is 0 Å². The first-order valence-electron chi connectivity index (χ1n) is 10.4. The monoisotopic (exact) mass is 428 g/mol. The molecule has 0 fully saturated rings. The Balaban J connectivity index is 1.75. The average molecular weight is 428 g/mol. The fourth-order valence-electron chi connectivity index (χ4n) is 3.53. The Kier molecular flexibility index (Phi) is 6.22. The number of amides is 2. The summed E-state index contributed by atoms with van der Waals surface area (Å²) in [5, 5.41) is 3.15. The number of benzene rings is 3. The Morgan fingerprint density at radius 2 is 1.59 bits per heavy atom. The SMILES string of the molecule is CCCOc1cccc(N2C(=O)C(Nc3cccc(OC)c3)=C(c3ccccc3)C2=O)c1. The largest absolute Gasteiger partial charge is 0.497 e. The van der Waals surface area contributed by atoms with Gasteiger partial charge in [-0.2, -0.15) is 0 Å². The van der Waals surface area contributed by atoms with Gasteiger partial charge in [0.05, 0.1) is 25.0 Å². The predicted molar refractivity (Wildman–Crippen MR) is 125 cm³/mol. The maximum atomic E-state index is 13.5. The van der Waals surface area contributed by atoms with Gasteiger partial charge >= 0.3 is 0 Å². The van der Waals surface area contributed by atoms with Crippen LogP contribution >= 0.6 is 0 Å². The van der Waals surface area contributed by atoms with Crippen molar-refractivity contribution >= 4 is 28.8 Å². The van der Waals surface area contributed by atoms with E-state index in [1.54, 1.807) is 31.4 Å². The van der Waals surface area contributed by atoms with Crippen LogP contribution in [-0.2, 0) is 9.59 Å². The molecule has 1 aliphatic rings. The molecule has 0 radical (unpaired) electrons. The van der Waals surface area contributed by atoms with Crippen LogP contribution in [0.1, 0.15) is 18.9 Å². The van der Waals surface area contributed by atoms with Gasteiger partial charge in [-0.3, -0.25) is 9.59 Å². The molecule has 0 aromatic heterocycles. The third kappa shape index (κ3) is 4.21. The Labute approximate surface area is 187 Å². The molecule has 0 unspecified atom stereocenters. The summed E-state index contributed by atoms with van der Waals surface area (Å²) in [6, 6.07) is 23.4. The first-order chi connectivity index (χ1) is 15.6. The Hall–Kier alpha value is -4.06. The lowest BCUT2D eigenvalue weighted by Gasteiger charge is -2.16. The molecule has 4 rings (SSSR count). The van der Waals surface area contributed by atoms with Crippen LogP contribution in [0, 0.1) is 0 Å². The van der Waals surface area contributed by atoms with E-state index in [9.17, 15) is 9.59 Å². The molecule has 1 aliphatic heterocycles. The van der Waals surface area contributed by atoms with Gasteiger partial charge in [0.1, 0.15) is 17.2 Å². The molecule has 0 spiro atoms. The molecule has 0 atom stereocenters. The number of methoxy groups -OCH3 is 1. The molecule has 3 aromatic rings. The van der Waals surface area contributed by atoms with Crippen LogP contribution in [0.5, 0.6) is 11.5 Å². The van der Waals surface area contributed by atoms with E-state index in [-0.39, 0.29) is 11.6 Å². The number of rotatable bonds is 8. The average Bonchev–Trinajstić information content (AvgIpc) is 3.07. The van der Waals surface area contributed by atoms with Crippen LogP contribution in [0.25, 0.3) is 5.57 Å². The van der Waals surface area contributed by atoms with Gasteiger partial charge in [0.2, 0.25) is 0 Å². The quantitative estimate of drug-likeness (QED) is 0.518. The van der Waals surface area contributed by atoms with Crippen molar-refractivity contribution < 1.29 is 19.1 Å². The third-order valence-electron chi connectivity index (χ3n) is 5.03. The highest BCUT2D eigenvalue weighted by Crippen LogP contribution is 2.35. The molecule has 6 nitrogen and oxygen atoms in total. The molecular formula is C26H24N2O4. The number of nitrogens with one attached hydrogen (secondary N) is 1. The number of hydrogen-bond donors (Lipinski definition) is 1. The van der Waals surface area contributed by atoms with Crippen LogP contribution in [0.4, 0.5) is 11.4 Å². The van der Waals surface area contributed by atoms with Gasteiger partial charge in [-0.25, -0.2) is 4.90 Å². The number of carbonyl (C=O) groups excluding carboxylic acids is 2.